The number of fused-ring (bicyclic) bond motifs is 3. The van der Waals surface area contributed by atoms with Crippen LogP contribution >= 0.6 is 11.3 Å². The molecule has 0 atom stereocenters. The molecule has 0 bridgehead atoms. The first kappa shape index (κ1) is 17.4. The van der Waals surface area contributed by atoms with Gasteiger partial charge in [-0.15, -0.1) is 0 Å². The van der Waals surface area contributed by atoms with Crippen LogP contribution in [0.1, 0.15) is 40.8 Å². The molecular weight excluding hydrogens is 354 g/mol. The van der Waals surface area contributed by atoms with Crippen LogP contribution in [-0.4, -0.2) is 17.4 Å². The molecule has 0 aliphatic heterocycles. The molecular formula is C21H21N5S. The summed E-state index contributed by atoms with van der Waals surface area (Å²) in [5.74, 6) is 0. The first-order valence-electron chi connectivity index (χ1n) is 8.93. The van der Waals surface area contributed by atoms with Gasteiger partial charge in [0.1, 0.15) is 0 Å². The monoisotopic (exact) mass is 375 g/mol. The average molecular weight is 376 g/mol. The van der Waals surface area contributed by atoms with Crippen molar-refractivity contribution in [2.75, 3.05) is 5.73 Å². The second-order valence-electron chi connectivity index (χ2n) is 6.72. The van der Waals surface area contributed by atoms with Gasteiger partial charge in [-0.3, -0.25) is 0 Å². The van der Waals surface area contributed by atoms with Gasteiger partial charge in [-0.1, -0.05) is 0 Å². The lowest BCUT2D eigenvalue weighted by atomic mass is 9.84. The maximum Gasteiger partial charge on any atom is 0.0780 e. The smallest absolute Gasteiger partial charge is 0.0780 e. The Morgan fingerprint density at radius 3 is 2.56 bits per heavy atom. The number of aryl methyl sites for hydroxylation is 1. The van der Waals surface area contributed by atoms with Gasteiger partial charge in [0.05, 0.1) is 16.9 Å². The van der Waals surface area contributed by atoms with E-state index in [9.17, 15) is 0 Å². The molecule has 4 rings (SSSR count). The molecule has 0 spiro atoms. The van der Waals surface area contributed by atoms with Crippen LogP contribution in [0.3, 0.4) is 0 Å². The maximum atomic E-state index is 8.01. The van der Waals surface area contributed by atoms with Crippen molar-refractivity contribution in [3.63, 3.8) is 0 Å². The van der Waals surface area contributed by atoms with E-state index >= 15 is 0 Å². The predicted octanol–water partition coefficient (Wildman–Crippen LogP) is 4.23. The lowest BCUT2D eigenvalue weighted by molar-refractivity contribution is 0.686. The minimum atomic E-state index is 0.577. The van der Waals surface area contributed by atoms with Crippen LogP contribution in [0.5, 0.6) is 0 Å². The molecule has 0 fully saturated rings. The molecule has 6 N–H and O–H groups in total. The first-order chi connectivity index (χ1) is 13.2. The van der Waals surface area contributed by atoms with Gasteiger partial charge < -0.3 is 22.3 Å². The average Bonchev–Trinajstić information content (AvgIpc) is 3.23. The minimum absolute atomic E-state index is 0.577. The Labute approximate surface area is 161 Å². The van der Waals surface area contributed by atoms with Gasteiger partial charge >= 0.3 is 0 Å². The fourth-order valence-electron chi connectivity index (χ4n) is 3.89. The van der Waals surface area contributed by atoms with E-state index in [4.69, 9.17) is 27.3 Å². The second-order valence-corrected chi connectivity index (χ2v) is 7.50. The molecule has 136 valence electrons. The zero-order valence-corrected chi connectivity index (χ0v) is 15.7. The van der Waals surface area contributed by atoms with Gasteiger partial charge in [0.2, 0.25) is 0 Å². The number of pyridine rings is 1. The van der Waals surface area contributed by atoms with E-state index in [2.05, 4.69) is 0 Å². The fourth-order valence-corrected chi connectivity index (χ4v) is 4.55. The van der Waals surface area contributed by atoms with Gasteiger partial charge in [0, 0.05) is 45.6 Å². The molecule has 0 radical (unpaired) electrons. The summed E-state index contributed by atoms with van der Waals surface area (Å²) in [6, 6.07) is 5.66. The molecule has 2 heterocycles. The van der Waals surface area contributed by atoms with Crippen LogP contribution in [-0.2, 0) is 12.8 Å². The number of rotatable bonds is 4. The van der Waals surface area contributed by atoms with Crippen LogP contribution in [0.15, 0.2) is 29.0 Å². The van der Waals surface area contributed by atoms with Gasteiger partial charge in [0.25, 0.3) is 0 Å². The van der Waals surface area contributed by atoms with Crippen LogP contribution in [0, 0.1) is 10.8 Å². The Balaban J connectivity index is 2.08. The lowest BCUT2D eigenvalue weighted by Crippen LogP contribution is -2.13. The Kier molecular flexibility index (Phi) is 4.49. The Bertz CT molecular complexity index is 1080. The highest BCUT2D eigenvalue weighted by Crippen LogP contribution is 2.36. The molecule has 1 aromatic carbocycles. The molecule has 0 saturated heterocycles. The van der Waals surface area contributed by atoms with Crippen molar-refractivity contribution in [1.29, 1.82) is 10.8 Å². The van der Waals surface area contributed by atoms with E-state index in [1.165, 1.54) is 18.0 Å². The number of benzene rings is 1. The molecule has 5 nitrogen and oxygen atoms in total. The molecule has 1 aliphatic carbocycles. The summed E-state index contributed by atoms with van der Waals surface area (Å²) in [5, 5.41) is 20.8. The molecule has 0 amide bonds. The summed E-state index contributed by atoms with van der Waals surface area (Å²) in [7, 11) is 0. The number of hydrogen-bond acceptors (Lipinski definition) is 6. The highest BCUT2D eigenvalue weighted by atomic mass is 32.1. The molecule has 3 aromatic rings. The van der Waals surface area contributed by atoms with Crippen LogP contribution in [0.4, 0.5) is 5.69 Å². The number of thiophene rings is 1. The van der Waals surface area contributed by atoms with Crippen molar-refractivity contribution in [3.8, 4) is 0 Å². The normalized spacial score (nSPS) is 14.5. The Morgan fingerprint density at radius 2 is 1.89 bits per heavy atom. The fraction of sp³-hybridized carbons (Fsp3) is 0.190. The maximum absolute atomic E-state index is 8.01. The summed E-state index contributed by atoms with van der Waals surface area (Å²) in [6.07, 6.45) is 6.63. The number of nitrogens with two attached hydrogens (primary N) is 2. The Hall–Kier alpha value is -2.99. The van der Waals surface area contributed by atoms with E-state index < -0.39 is 0 Å². The number of nitrogens with one attached hydrogen (secondary N) is 2. The standard InChI is InChI=1S/C21H21N5S/c22-9-15-17(24)5-6-18-19(15)13-3-1-2-4-14(13)21(26-18)16(10-23)20(25)12-7-8-27-11-12/h5-11,22-23H,1-4,24-25H2. The van der Waals surface area contributed by atoms with E-state index in [-0.39, 0.29) is 0 Å². The molecule has 0 saturated carbocycles. The zero-order chi connectivity index (χ0) is 19.0. The van der Waals surface area contributed by atoms with Crippen molar-refractivity contribution in [3.05, 3.63) is 56.9 Å². The predicted molar refractivity (Wildman–Crippen MR) is 115 cm³/mol. The van der Waals surface area contributed by atoms with Crippen LogP contribution in [0.25, 0.3) is 22.2 Å². The van der Waals surface area contributed by atoms with Gasteiger partial charge in [0.15, 0.2) is 0 Å². The molecule has 27 heavy (non-hydrogen) atoms. The van der Waals surface area contributed by atoms with Crippen molar-refractivity contribution in [1.82, 2.24) is 4.98 Å². The van der Waals surface area contributed by atoms with Crippen molar-refractivity contribution < 1.29 is 0 Å². The van der Waals surface area contributed by atoms with E-state index in [0.717, 1.165) is 59.0 Å². The van der Waals surface area contributed by atoms with Crippen LogP contribution < -0.4 is 11.5 Å². The summed E-state index contributed by atoms with van der Waals surface area (Å²) in [6.45, 7) is 0. The largest absolute Gasteiger partial charge is 0.398 e. The summed E-state index contributed by atoms with van der Waals surface area (Å²) < 4.78 is 0. The van der Waals surface area contributed by atoms with Gasteiger partial charge in [-0.25, -0.2) is 4.98 Å². The number of hydrogen-bond donors (Lipinski definition) is 4. The number of anilines is 1. The van der Waals surface area contributed by atoms with Crippen LogP contribution in [0.2, 0.25) is 0 Å². The highest BCUT2D eigenvalue weighted by Gasteiger charge is 2.23. The number of allylic oxidation sites excluding steroid dienone is 1. The lowest BCUT2D eigenvalue weighted by Gasteiger charge is -2.23. The third kappa shape index (κ3) is 2.82. The van der Waals surface area contributed by atoms with Gasteiger partial charge in [-0.05, 0) is 60.4 Å². The second kappa shape index (κ2) is 6.96. The summed E-state index contributed by atoms with van der Waals surface area (Å²) in [5.41, 5.74) is 20.0. The quantitative estimate of drug-likeness (QED) is 0.404. The third-order valence-corrected chi connectivity index (χ3v) is 5.89. The van der Waals surface area contributed by atoms with Gasteiger partial charge in [-0.2, -0.15) is 11.3 Å². The van der Waals surface area contributed by atoms with Crippen molar-refractivity contribution >= 4 is 51.6 Å². The van der Waals surface area contributed by atoms with Crippen molar-refractivity contribution in [2.45, 2.75) is 25.7 Å². The van der Waals surface area contributed by atoms with E-state index in [1.807, 2.05) is 22.9 Å². The summed E-state index contributed by atoms with van der Waals surface area (Å²) in [4.78, 5) is 4.90. The molecule has 1 aliphatic rings. The molecule has 6 heteroatoms. The Morgan fingerprint density at radius 1 is 1.11 bits per heavy atom. The highest BCUT2D eigenvalue weighted by molar-refractivity contribution is 7.08. The minimum Gasteiger partial charge on any atom is -0.398 e. The molecule has 2 aromatic heterocycles. The number of nitrogens with zero attached hydrogens (tertiary/aromatic N) is 1. The number of nitrogen functional groups attached to an aromatic ring is 1. The number of aromatic nitrogens is 1. The zero-order valence-electron chi connectivity index (χ0n) is 14.9. The molecule has 0 unspecified atom stereocenters. The third-order valence-electron chi connectivity index (χ3n) is 5.21. The summed E-state index contributed by atoms with van der Waals surface area (Å²) >= 11 is 1.58. The topological polar surface area (TPSA) is 113 Å². The van der Waals surface area contributed by atoms with Crippen molar-refractivity contribution in [2.24, 2.45) is 5.73 Å². The first-order valence-corrected chi connectivity index (χ1v) is 9.87. The van der Waals surface area contributed by atoms with E-state index in [1.54, 1.807) is 17.4 Å². The SMILES string of the molecule is N=CC(=C(N)c1ccsc1)c1nc2ccc(N)c(C=N)c2c2c1CCCC2. The van der Waals surface area contributed by atoms with E-state index in [0.29, 0.717) is 17.0 Å².